The molecule has 3 aromatic carbocycles. The number of fused-ring (bicyclic) bond motifs is 2. The fraction of sp³-hybridized carbons (Fsp3) is 0.280. The van der Waals surface area contributed by atoms with Crippen LogP contribution in [-0.2, 0) is 16.0 Å². The quantitative estimate of drug-likeness (QED) is 0.365. The van der Waals surface area contributed by atoms with Crippen LogP contribution in [0.2, 0.25) is 5.02 Å². The van der Waals surface area contributed by atoms with E-state index in [0.717, 1.165) is 51.6 Å². The van der Waals surface area contributed by atoms with Gasteiger partial charge in [0.15, 0.2) is 5.13 Å². The van der Waals surface area contributed by atoms with Gasteiger partial charge in [-0.05, 0) is 53.8 Å². The average molecular weight is 451 g/mol. The number of amides is 1. The SMILES string of the molecule is Cc1cc(Cl)cc2sc(N(CC3CCCO3)C(=O)Cc3cccc4ccccc34)nc12. The molecule has 1 atom stereocenters. The van der Waals surface area contributed by atoms with E-state index in [-0.39, 0.29) is 12.0 Å². The van der Waals surface area contributed by atoms with Crippen molar-refractivity contribution in [2.24, 2.45) is 0 Å². The molecule has 1 amide bonds. The number of hydrogen-bond acceptors (Lipinski definition) is 4. The lowest BCUT2D eigenvalue weighted by Crippen LogP contribution is -2.38. The number of thiazole rings is 1. The van der Waals surface area contributed by atoms with Crippen molar-refractivity contribution in [3.05, 3.63) is 70.7 Å². The fourth-order valence-corrected chi connectivity index (χ4v) is 5.69. The number of hydrogen-bond donors (Lipinski definition) is 0. The highest BCUT2D eigenvalue weighted by Gasteiger charge is 2.27. The largest absolute Gasteiger partial charge is 0.376 e. The van der Waals surface area contributed by atoms with Crippen LogP contribution in [0.5, 0.6) is 0 Å². The second-order valence-electron chi connectivity index (χ2n) is 8.02. The van der Waals surface area contributed by atoms with Crippen molar-refractivity contribution in [2.75, 3.05) is 18.1 Å². The molecule has 4 aromatic rings. The first-order valence-electron chi connectivity index (χ1n) is 10.5. The van der Waals surface area contributed by atoms with Crippen molar-refractivity contribution in [1.82, 2.24) is 4.98 Å². The Kier molecular flexibility index (Phi) is 5.65. The molecule has 1 unspecified atom stereocenters. The Balaban J connectivity index is 1.51. The van der Waals surface area contributed by atoms with Gasteiger partial charge in [0.25, 0.3) is 0 Å². The minimum atomic E-state index is 0.0367. The van der Waals surface area contributed by atoms with Gasteiger partial charge in [0.05, 0.1) is 29.3 Å². The summed E-state index contributed by atoms with van der Waals surface area (Å²) in [5.74, 6) is 0.0367. The van der Waals surface area contributed by atoms with Gasteiger partial charge >= 0.3 is 0 Å². The summed E-state index contributed by atoms with van der Waals surface area (Å²) in [7, 11) is 0. The lowest BCUT2D eigenvalue weighted by Gasteiger charge is -2.23. The smallest absolute Gasteiger partial charge is 0.233 e. The van der Waals surface area contributed by atoms with Gasteiger partial charge in [0, 0.05) is 11.6 Å². The summed E-state index contributed by atoms with van der Waals surface area (Å²) < 4.78 is 6.85. The Morgan fingerprint density at radius 2 is 2.06 bits per heavy atom. The predicted octanol–water partition coefficient (Wildman–Crippen LogP) is 6.17. The zero-order valence-corrected chi connectivity index (χ0v) is 18.9. The van der Waals surface area contributed by atoms with E-state index < -0.39 is 0 Å². The van der Waals surface area contributed by atoms with Crippen molar-refractivity contribution >= 4 is 55.0 Å². The maximum atomic E-state index is 13.6. The van der Waals surface area contributed by atoms with E-state index in [1.54, 1.807) is 0 Å². The molecule has 1 fully saturated rings. The van der Waals surface area contributed by atoms with E-state index in [4.69, 9.17) is 21.3 Å². The number of benzene rings is 3. The van der Waals surface area contributed by atoms with E-state index in [1.165, 1.54) is 11.3 Å². The third-order valence-corrected chi connectivity index (χ3v) is 7.05. The lowest BCUT2D eigenvalue weighted by atomic mass is 10.0. The molecule has 0 N–H and O–H groups in total. The summed E-state index contributed by atoms with van der Waals surface area (Å²) in [6.45, 7) is 3.28. The van der Waals surface area contributed by atoms with E-state index in [1.807, 2.05) is 48.2 Å². The Morgan fingerprint density at radius 1 is 1.23 bits per heavy atom. The first-order chi connectivity index (χ1) is 15.1. The average Bonchev–Trinajstić information content (AvgIpc) is 3.42. The second-order valence-corrected chi connectivity index (χ2v) is 9.47. The molecule has 0 spiro atoms. The van der Waals surface area contributed by atoms with Gasteiger partial charge in [-0.1, -0.05) is 65.4 Å². The third kappa shape index (κ3) is 4.18. The van der Waals surface area contributed by atoms with E-state index in [9.17, 15) is 4.79 Å². The number of anilines is 1. The van der Waals surface area contributed by atoms with Crippen molar-refractivity contribution in [3.8, 4) is 0 Å². The van der Waals surface area contributed by atoms with Crippen LogP contribution in [-0.4, -0.2) is 30.1 Å². The van der Waals surface area contributed by atoms with Crippen molar-refractivity contribution in [1.29, 1.82) is 0 Å². The van der Waals surface area contributed by atoms with Crippen LogP contribution in [0.4, 0.5) is 5.13 Å². The molecule has 1 aliphatic rings. The number of rotatable bonds is 5. The minimum Gasteiger partial charge on any atom is -0.376 e. The van der Waals surface area contributed by atoms with Crippen LogP contribution in [0.15, 0.2) is 54.6 Å². The Labute approximate surface area is 190 Å². The molecule has 0 bridgehead atoms. The van der Waals surface area contributed by atoms with Gasteiger partial charge in [-0.15, -0.1) is 0 Å². The standard InChI is InChI=1S/C25H23ClN2O2S/c1-16-12-19(26)14-22-24(16)27-25(31-22)28(15-20-9-5-11-30-20)23(29)13-18-8-4-7-17-6-2-3-10-21(17)18/h2-4,6-8,10,12,14,20H,5,9,11,13,15H2,1H3. The van der Waals surface area contributed by atoms with Gasteiger partial charge in [0.2, 0.25) is 5.91 Å². The molecule has 31 heavy (non-hydrogen) atoms. The van der Waals surface area contributed by atoms with E-state index in [2.05, 4.69) is 18.2 Å². The molecular formula is C25H23ClN2O2S. The number of halogens is 1. The van der Waals surface area contributed by atoms with Crippen molar-refractivity contribution < 1.29 is 9.53 Å². The Hall–Kier alpha value is -2.47. The number of ether oxygens (including phenoxy) is 1. The van der Waals surface area contributed by atoms with Crippen LogP contribution in [0.1, 0.15) is 24.0 Å². The molecule has 6 heteroatoms. The summed E-state index contributed by atoms with van der Waals surface area (Å²) in [4.78, 5) is 20.2. The summed E-state index contributed by atoms with van der Waals surface area (Å²) >= 11 is 7.77. The normalized spacial score (nSPS) is 16.3. The van der Waals surface area contributed by atoms with E-state index >= 15 is 0 Å². The molecule has 5 rings (SSSR count). The van der Waals surface area contributed by atoms with Gasteiger partial charge < -0.3 is 4.74 Å². The molecule has 4 nitrogen and oxygen atoms in total. The predicted molar refractivity (Wildman–Crippen MR) is 128 cm³/mol. The topological polar surface area (TPSA) is 42.4 Å². The zero-order valence-electron chi connectivity index (χ0n) is 17.3. The molecule has 0 radical (unpaired) electrons. The summed E-state index contributed by atoms with van der Waals surface area (Å²) in [5.41, 5.74) is 2.95. The van der Waals surface area contributed by atoms with Crippen LogP contribution in [0, 0.1) is 6.92 Å². The van der Waals surface area contributed by atoms with Crippen molar-refractivity contribution in [3.63, 3.8) is 0 Å². The molecule has 0 aliphatic carbocycles. The minimum absolute atomic E-state index is 0.0367. The maximum Gasteiger partial charge on any atom is 0.233 e. The third-order valence-electron chi connectivity index (χ3n) is 5.80. The highest BCUT2D eigenvalue weighted by molar-refractivity contribution is 7.22. The van der Waals surface area contributed by atoms with Crippen LogP contribution in [0.3, 0.4) is 0 Å². The van der Waals surface area contributed by atoms with Crippen LogP contribution in [0.25, 0.3) is 21.0 Å². The number of aryl methyl sites for hydroxylation is 1. The maximum absolute atomic E-state index is 13.6. The van der Waals surface area contributed by atoms with Gasteiger partial charge in [-0.2, -0.15) is 0 Å². The molecule has 1 saturated heterocycles. The summed E-state index contributed by atoms with van der Waals surface area (Å²) in [6.07, 6.45) is 2.37. The van der Waals surface area contributed by atoms with E-state index in [0.29, 0.717) is 23.1 Å². The molecule has 1 aliphatic heterocycles. The van der Waals surface area contributed by atoms with Gasteiger partial charge in [-0.3, -0.25) is 9.69 Å². The first-order valence-corrected chi connectivity index (χ1v) is 11.7. The first kappa shape index (κ1) is 20.4. The van der Waals surface area contributed by atoms with Crippen molar-refractivity contribution in [2.45, 2.75) is 32.3 Å². The second kappa shape index (κ2) is 8.58. The van der Waals surface area contributed by atoms with Gasteiger partial charge in [-0.25, -0.2) is 4.98 Å². The highest BCUT2D eigenvalue weighted by Crippen LogP contribution is 2.34. The Bertz CT molecular complexity index is 1260. The monoisotopic (exact) mass is 450 g/mol. The lowest BCUT2D eigenvalue weighted by molar-refractivity contribution is -0.118. The van der Waals surface area contributed by atoms with Crippen LogP contribution >= 0.6 is 22.9 Å². The number of nitrogens with zero attached hydrogens (tertiary/aromatic N) is 2. The van der Waals surface area contributed by atoms with Crippen LogP contribution < -0.4 is 4.90 Å². The number of carbonyl (C=O) groups is 1. The Morgan fingerprint density at radius 3 is 2.90 bits per heavy atom. The summed E-state index contributed by atoms with van der Waals surface area (Å²) in [5, 5.41) is 3.65. The molecule has 0 saturated carbocycles. The highest BCUT2D eigenvalue weighted by atomic mass is 35.5. The summed E-state index contributed by atoms with van der Waals surface area (Å²) in [6, 6.07) is 18.1. The number of carbonyl (C=O) groups excluding carboxylic acids is 1. The molecule has 158 valence electrons. The zero-order chi connectivity index (χ0) is 21.4. The molecule has 2 heterocycles. The molecular weight excluding hydrogens is 428 g/mol. The number of aromatic nitrogens is 1. The molecule has 1 aromatic heterocycles. The fourth-order valence-electron chi connectivity index (χ4n) is 4.24. The van der Waals surface area contributed by atoms with Gasteiger partial charge in [0.1, 0.15) is 0 Å².